The smallest absolute Gasteiger partial charge is 0.247 e. The van der Waals surface area contributed by atoms with Crippen molar-refractivity contribution >= 4 is 11.8 Å². The van der Waals surface area contributed by atoms with E-state index in [1.807, 2.05) is 36.1 Å². The van der Waals surface area contributed by atoms with Crippen LogP contribution in [0.5, 0.6) is 0 Å². The molecule has 0 radical (unpaired) electrons. The molecule has 2 aliphatic rings. The average molecular weight is 382 g/mol. The summed E-state index contributed by atoms with van der Waals surface area (Å²) in [6, 6.07) is 8.09. The van der Waals surface area contributed by atoms with E-state index in [1.54, 1.807) is 0 Å². The number of amides is 2. The van der Waals surface area contributed by atoms with Crippen molar-refractivity contribution in [3.8, 4) is 11.5 Å². The van der Waals surface area contributed by atoms with Gasteiger partial charge in [0.15, 0.2) is 0 Å². The number of rotatable bonds is 6. The lowest BCUT2D eigenvalue weighted by Crippen LogP contribution is -2.47. The Morgan fingerprint density at radius 2 is 1.82 bits per heavy atom. The Morgan fingerprint density at radius 1 is 1.11 bits per heavy atom. The molecule has 0 spiro atoms. The number of aromatic nitrogens is 2. The molecule has 148 valence electrons. The number of hydrogen-bond acceptors (Lipinski definition) is 5. The maximum Gasteiger partial charge on any atom is 0.247 e. The predicted octanol–water partition coefficient (Wildman–Crippen LogP) is 2.49. The van der Waals surface area contributed by atoms with Gasteiger partial charge in [0.2, 0.25) is 23.6 Å². The van der Waals surface area contributed by atoms with E-state index >= 15 is 0 Å². The molecule has 1 aliphatic heterocycles. The lowest BCUT2D eigenvalue weighted by atomic mass is 10.0. The highest BCUT2D eigenvalue weighted by Crippen LogP contribution is 2.29. The van der Waals surface area contributed by atoms with Crippen LogP contribution in [-0.4, -0.2) is 46.0 Å². The highest BCUT2D eigenvalue weighted by atomic mass is 16.4. The molecule has 2 aromatic rings. The standard InChI is InChI=1S/C21H26N4O3/c1-14-2-4-16(5-3-14)21-24-23-18(28-21)8-9-19(26)25-12-10-17(11-13-25)22-20(27)15-6-7-15/h2-5,15,17H,6-13H2,1H3,(H,22,27). The minimum atomic E-state index is 0.0991. The van der Waals surface area contributed by atoms with Crippen LogP contribution in [0.3, 0.4) is 0 Å². The third kappa shape index (κ3) is 4.58. The molecule has 1 saturated carbocycles. The summed E-state index contributed by atoms with van der Waals surface area (Å²) in [6.07, 6.45) is 4.48. The summed E-state index contributed by atoms with van der Waals surface area (Å²) in [5, 5.41) is 11.3. The quantitative estimate of drug-likeness (QED) is 0.829. The van der Waals surface area contributed by atoms with E-state index < -0.39 is 0 Å². The molecular weight excluding hydrogens is 356 g/mol. The molecule has 1 aromatic heterocycles. The molecule has 1 saturated heterocycles. The number of nitrogens with zero attached hydrogens (tertiary/aromatic N) is 3. The molecule has 1 aliphatic carbocycles. The number of carbonyl (C=O) groups is 2. The second-order valence-electron chi connectivity index (χ2n) is 7.80. The van der Waals surface area contributed by atoms with Crippen LogP contribution < -0.4 is 5.32 Å². The van der Waals surface area contributed by atoms with Gasteiger partial charge in [-0.15, -0.1) is 10.2 Å². The van der Waals surface area contributed by atoms with Gasteiger partial charge < -0.3 is 14.6 Å². The molecule has 2 fully saturated rings. The molecule has 0 bridgehead atoms. The molecule has 2 amide bonds. The van der Waals surface area contributed by atoms with Crippen molar-refractivity contribution < 1.29 is 14.0 Å². The topological polar surface area (TPSA) is 88.3 Å². The SMILES string of the molecule is Cc1ccc(-c2nnc(CCC(=O)N3CCC(NC(=O)C4CC4)CC3)o2)cc1. The summed E-state index contributed by atoms with van der Waals surface area (Å²) in [4.78, 5) is 26.2. The number of benzene rings is 1. The van der Waals surface area contributed by atoms with Crippen molar-refractivity contribution in [2.45, 2.75) is 51.5 Å². The predicted molar refractivity (Wildman–Crippen MR) is 103 cm³/mol. The monoisotopic (exact) mass is 382 g/mol. The number of nitrogens with one attached hydrogen (secondary N) is 1. The Balaban J connectivity index is 1.22. The number of carbonyl (C=O) groups excluding carboxylic acids is 2. The van der Waals surface area contributed by atoms with E-state index in [-0.39, 0.29) is 23.8 Å². The Bertz CT molecular complexity index is 834. The van der Waals surface area contributed by atoms with E-state index in [2.05, 4.69) is 15.5 Å². The Labute approximate surface area is 164 Å². The van der Waals surface area contributed by atoms with Gasteiger partial charge in [-0.05, 0) is 44.7 Å². The summed E-state index contributed by atoms with van der Waals surface area (Å²) < 4.78 is 5.70. The molecule has 7 heteroatoms. The second-order valence-corrected chi connectivity index (χ2v) is 7.80. The largest absolute Gasteiger partial charge is 0.421 e. The highest BCUT2D eigenvalue weighted by Gasteiger charge is 2.32. The lowest BCUT2D eigenvalue weighted by molar-refractivity contribution is -0.132. The normalized spacial score (nSPS) is 17.5. The molecule has 4 rings (SSSR count). The van der Waals surface area contributed by atoms with Gasteiger partial charge in [0.1, 0.15) is 0 Å². The fraction of sp³-hybridized carbons (Fsp3) is 0.524. The molecule has 0 unspecified atom stereocenters. The number of likely N-dealkylation sites (tertiary alicyclic amines) is 1. The summed E-state index contributed by atoms with van der Waals surface area (Å²) in [5.74, 6) is 1.48. The Morgan fingerprint density at radius 3 is 2.50 bits per heavy atom. The van der Waals surface area contributed by atoms with Crippen LogP contribution in [-0.2, 0) is 16.0 Å². The molecule has 0 atom stereocenters. The fourth-order valence-electron chi connectivity index (χ4n) is 3.48. The first-order chi connectivity index (χ1) is 13.6. The summed E-state index contributed by atoms with van der Waals surface area (Å²) >= 11 is 0. The van der Waals surface area contributed by atoms with Gasteiger partial charge in [-0.1, -0.05) is 17.7 Å². The zero-order valence-corrected chi connectivity index (χ0v) is 16.2. The van der Waals surface area contributed by atoms with Crippen molar-refractivity contribution in [1.82, 2.24) is 20.4 Å². The first-order valence-electron chi connectivity index (χ1n) is 10.1. The van der Waals surface area contributed by atoms with E-state index in [0.717, 1.165) is 31.2 Å². The zero-order chi connectivity index (χ0) is 19.5. The van der Waals surface area contributed by atoms with E-state index in [1.165, 1.54) is 5.56 Å². The van der Waals surface area contributed by atoms with Crippen molar-refractivity contribution in [3.05, 3.63) is 35.7 Å². The number of piperidine rings is 1. The lowest BCUT2D eigenvalue weighted by Gasteiger charge is -2.32. The second kappa shape index (κ2) is 8.12. The fourth-order valence-corrected chi connectivity index (χ4v) is 3.48. The Hall–Kier alpha value is -2.70. The molecule has 2 heterocycles. The third-order valence-corrected chi connectivity index (χ3v) is 5.46. The van der Waals surface area contributed by atoms with E-state index in [9.17, 15) is 9.59 Å². The zero-order valence-electron chi connectivity index (χ0n) is 16.2. The maximum atomic E-state index is 12.5. The van der Waals surface area contributed by atoms with Crippen molar-refractivity contribution in [3.63, 3.8) is 0 Å². The molecule has 28 heavy (non-hydrogen) atoms. The number of hydrogen-bond donors (Lipinski definition) is 1. The van der Waals surface area contributed by atoms with Gasteiger partial charge in [0, 0.05) is 43.5 Å². The van der Waals surface area contributed by atoms with Crippen LogP contribution in [0.2, 0.25) is 0 Å². The van der Waals surface area contributed by atoms with Crippen molar-refractivity contribution in [2.75, 3.05) is 13.1 Å². The summed E-state index contributed by atoms with van der Waals surface area (Å²) in [5.41, 5.74) is 2.05. The van der Waals surface area contributed by atoms with Crippen LogP contribution in [0, 0.1) is 12.8 Å². The van der Waals surface area contributed by atoms with Gasteiger partial charge in [-0.3, -0.25) is 9.59 Å². The Kier molecular flexibility index (Phi) is 5.41. The minimum Gasteiger partial charge on any atom is -0.421 e. The van der Waals surface area contributed by atoms with Gasteiger partial charge in [-0.25, -0.2) is 0 Å². The highest BCUT2D eigenvalue weighted by molar-refractivity contribution is 5.81. The van der Waals surface area contributed by atoms with E-state index in [4.69, 9.17) is 4.42 Å². The van der Waals surface area contributed by atoms with Crippen LogP contribution in [0.1, 0.15) is 43.6 Å². The first kappa shape index (κ1) is 18.7. The molecular formula is C21H26N4O3. The van der Waals surface area contributed by atoms with Crippen LogP contribution in [0.25, 0.3) is 11.5 Å². The summed E-state index contributed by atoms with van der Waals surface area (Å²) in [7, 11) is 0. The minimum absolute atomic E-state index is 0.0991. The van der Waals surface area contributed by atoms with Gasteiger partial charge >= 0.3 is 0 Å². The van der Waals surface area contributed by atoms with Gasteiger partial charge in [0.05, 0.1) is 0 Å². The van der Waals surface area contributed by atoms with Crippen LogP contribution >= 0.6 is 0 Å². The summed E-state index contributed by atoms with van der Waals surface area (Å²) in [6.45, 7) is 3.40. The van der Waals surface area contributed by atoms with Gasteiger partial charge in [0.25, 0.3) is 0 Å². The van der Waals surface area contributed by atoms with E-state index in [0.29, 0.717) is 37.7 Å². The van der Waals surface area contributed by atoms with Crippen molar-refractivity contribution in [2.24, 2.45) is 5.92 Å². The van der Waals surface area contributed by atoms with Gasteiger partial charge in [-0.2, -0.15) is 0 Å². The van der Waals surface area contributed by atoms with Crippen LogP contribution in [0.15, 0.2) is 28.7 Å². The average Bonchev–Trinajstić information content (AvgIpc) is 3.46. The first-order valence-corrected chi connectivity index (χ1v) is 10.1. The number of aryl methyl sites for hydroxylation is 2. The maximum absolute atomic E-state index is 12.5. The van der Waals surface area contributed by atoms with Crippen molar-refractivity contribution in [1.29, 1.82) is 0 Å². The molecule has 1 aromatic carbocycles. The molecule has 7 nitrogen and oxygen atoms in total. The molecule has 1 N–H and O–H groups in total. The third-order valence-electron chi connectivity index (χ3n) is 5.46. The van der Waals surface area contributed by atoms with Crippen LogP contribution in [0.4, 0.5) is 0 Å².